The monoisotopic (exact) mass is 695 g/mol. The summed E-state index contributed by atoms with van der Waals surface area (Å²) in [4.78, 5) is 0. The van der Waals surface area contributed by atoms with E-state index in [0.29, 0.717) is 17.9 Å². The van der Waals surface area contributed by atoms with Crippen LogP contribution in [0.25, 0.3) is 0 Å². The first kappa shape index (κ1) is 41.8. The molecule has 0 N–H and O–H groups in total. The minimum Gasteiger partial charge on any atom is -0.0622 e. The summed E-state index contributed by atoms with van der Waals surface area (Å²) in [5, 5.41) is 4.19. The van der Waals surface area contributed by atoms with E-state index in [1.54, 1.807) is 0 Å². The summed E-state index contributed by atoms with van der Waals surface area (Å²) < 4.78 is 79.9. The van der Waals surface area contributed by atoms with E-state index >= 15 is 0 Å². The first-order chi connectivity index (χ1) is 20.3. The minimum absolute atomic E-state index is 0. The minimum atomic E-state index is -10.7. The summed E-state index contributed by atoms with van der Waals surface area (Å²) in [7, 11) is -11.1. The molecule has 0 aliphatic heterocycles. The van der Waals surface area contributed by atoms with Gasteiger partial charge in [0.25, 0.3) is 0 Å². The largest absolute Gasteiger partial charge is 0.0622 e. The maximum Gasteiger partial charge on any atom is 0 e. The number of benzene rings is 3. The molecule has 3 aromatic carbocycles. The van der Waals surface area contributed by atoms with E-state index in [0.717, 1.165) is 13.0 Å². The second-order valence-corrected chi connectivity index (χ2v) is 13.0. The number of halogens is 6. The summed E-state index contributed by atoms with van der Waals surface area (Å²) in [6, 6.07) is 32.3. The van der Waals surface area contributed by atoms with Gasteiger partial charge in [-0.1, -0.05) is 103 Å². The molecule has 12 heteroatoms. The van der Waals surface area contributed by atoms with Crippen molar-refractivity contribution in [2.45, 2.75) is 19.4 Å². The average Bonchev–Trinajstić information content (AvgIpc) is 3.38. The fraction of sp³-hybridized carbons (Fsp3) is 0.188. The van der Waals surface area contributed by atoms with Crippen molar-refractivity contribution < 1.29 is 56.3 Å². The molecule has 0 amide bonds. The number of hydrogen-bond donors (Lipinski definition) is 0. The fourth-order valence-corrected chi connectivity index (χ4v) is 6.62. The summed E-state index contributed by atoms with van der Waals surface area (Å²) >= 11 is 0. The van der Waals surface area contributed by atoms with Crippen LogP contribution in [-0.4, -0.2) is 12.7 Å². The molecule has 0 bridgehead atoms. The Morgan fingerprint density at radius 1 is 0.705 bits per heavy atom. The second kappa shape index (κ2) is 19.3. The molecule has 5 rings (SSSR count). The molecular weight excluding hydrogens is 664 g/mol. The third-order valence-electron chi connectivity index (χ3n) is 5.83. The maximum absolute atomic E-state index is 10.7. The van der Waals surface area contributed by atoms with E-state index in [4.69, 9.17) is 14.0 Å². The smallest absolute Gasteiger partial charge is 0 e. The van der Waals surface area contributed by atoms with Crippen molar-refractivity contribution in [3.8, 4) is 0 Å². The van der Waals surface area contributed by atoms with Crippen LogP contribution in [0.1, 0.15) is 13.3 Å². The molecule has 2 aliphatic rings. The fourth-order valence-electron chi connectivity index (χ4n) is 4.31. The second-order valence-electron chi connectivity index (χ2n) is 8.90. The Balaban J connectivity index is 0.000000646. The molecule has 4 radical (unpaired) electrons. The standard InChI is InChI=1S/C18H15P.C12H16O.2CO.F6P.Fe/c1-4-10-16(11-5-1)19(17-12-6-2-7-13-17)18-14-8-3-9-15-18;1-2-13-12-9-4-3-6-10-7-5-8-11(10)12;2*1-2;1-7(2,3,4,5)6;/h1-15H;3-7,9-12H,2,8H2,1H3;;;;/q;;;;-1;. The van der Waals surface area contributed by atoms with Crippen molar-refractivity contribution in [1.82, 2.24) is 0 Å². The van der Waals surface area contributed by atoms with Crippen LogP contribution < -0.4 is 15.9 Å². The van der Waals surface area contributed by atoms with Crippen LogP contribution in [0.2, 0.25) is 0 Å². The van der Waals surface area contributed by atoms with Crippen molar-refractivity contribution in [2.24, 2.45) is 11.8 Å². The van der Waals surface area contributed by atoms with E-state index in [1.165, 1.54) is 15.9 Å². The van der Waals surface area contributed by atoms with Gasteiger partial charge >= 0.3 is 55.6 Å². The molecule has 3 atom stereocenters. The molecule has 0 heterocycles. The number of allylic oxidation sites excluding steroid dienone is 2. The molecule has 3 nitrogen and oxygen atoms in total. The molecule has 3 aromatic rings. The molecule has 1 saturated carbocycles. The van der Waals surface area contributed by atoms with E-state index in [2.05, 4.69) is 149 Å². The van der Waals surface area contributed by atoms with Gasteiger partial charge in [-0.25, -0.2) is 0 Å². The van der Waals surface area contributed by atoms with Crippen LogP contribution in [0.4, 0.5) is 25.2 Å². The zero-order valence-corrected chi connectivity index (χ0v) is 26.4. The quantitative estimate of drug-likeness (QED) is 0.0656. The molecular formula is C32H31F6FeO3P2-. The van der Waals surface area contributed by atoms with Crippen LogP contribution in [0, 0.1) is 50.8 Å². The van der Waals surface area contributed by atoms with Crippen LogP contribution in [0.3, 0.4) is 0 Å². The Kier molecular flexibility index (Phi) is 18.4. The van der Waals surface area contributed by atoms with Gasteiger partial charge in [0, 0.05) is 23.7 Å². The van der Waals surface area contributed by atoms with Gasteiger partial charge in [0.15, 0.2) is 0 Å². The first-order valence-corrected chi connectivity index (χ1v) is 16.2. The average molecular weight is 695 g/mol. The van der Waals surface area contributed by atoms with Gasteiger partial charge in [0.2, 0.25) is 0 Å². The zero-order valence-electron chi connectivity index (χ0n) is 23.5. The molecule has 238 valence electrons. The van der Waals surface area contributed by atoms with Gasteiger partial charge < -0.3 is 4.74 Å². The van der Waals surface area contributed by atoms with Crippen molar-refractivity contribution in [1.29, 1.82) is 0 Å². The van der Waals surface area contributed by atoms with Crippen LogP contribution in [0.5, 0.6) is 0 Å². The normalized spacial score (nSPS) is 19.8. The molecule has 44 heavy (non-hydrogen) atoms. The molecule has 2 aliphatic carbocycles. The number of ether oxygens (including phenoxy) is 1. The maximum atomic E-state index is 9.87. The van der Waals surface area contributed by atoms with E-state index in [-0.39, 0.29) is 17.1 Å². The van der Waals surface area contributed by atoms with Crippen LogP contribution in [0.15, 0.2) is 103 Å². The molecule has 1 fully saturated rings. The first-order valence-electron chi connectivity index (χ1n) is 12.9. The molecule has 3 unspecified atom stereocenters. The van der Waals surface area contributed by atoms with Gasteiger partial charge in [0.1, 0.15) is 0 Å². The molecule has 0 aromatic heterocycles. The number of hydrogen-bond acceptors (Lipinski definition) is 1. The van der Waals surface area contributed by atoms with E-state index in [9.17, 15) is 25.2 Å². The van der Waals surface area contributed by atoms with Crippen molar-refractivity contribution in [3.05, 3.63) is 142 Å². The Bertz CT molecular complexity index is 1150. The predicted molar refractivity (Wildman–Crippen MR) is 160 cm³/mol. The number of rotatable bonds is 5. The van der Waals surface area contributed by atoms with Gasteiger partial charge in [-0.3, -0.25) is 0 Å². The van der Waals surface area contributed by atoms with E-state index < -0.39 is 15.7 Å². The van der Waals surface area contributed by atoms with Gasteiger partial charge in [-0.05, 0) is 74.7 Å². The van der Waals surface area contributed by atoms with Crippen molar-refractivity contribution in [2.75, 3.05) is 6.61 Å². The van der Waals surface area contributed by atoms with E-state index in [1.807, 2.05) is 0 Å². The summed E-state index contributed by atoms with van der Waals surface area (Å²) in [6.45, 7) is 11.9. The third-order valence-corrected chi connectivity index (χ3v) is 8.27. The topological polar surface area (TPSA) is 49.0 Å². The van der Waals surface area contributed by atoms with Crippen molar-refractivity contribution >= 4 is 31.6 Å². The Morgan fingerprint density at radius 3 is 1.43 bits per heavy atom. The van der Waals surface area contributed by atoms with Crippen LogP contribution in [-0.2, 0) is 31.1 Å². The SMILES string of the molecule is CCOC1[CH][CH][CH][CH]C2C=CCC21.F[P-](F)(F)(F)(F)F.[C-]#[O+].[C-]#[O+].[Fe].c1ccc(P(c2ccccc2)c2ccccc2)cc1. The van der Waals surface area contributed by atoms with Gasteiger partial charge in [-0.15, -0.1) is 0 Å². The molecule has 0 spiro atoms. The third kappa shape index (κ3) is 17.9. The zero-order chi connectivity index (χ0) is 32.4. The Labute approximate surface area is 267 Å². The van der Waals surface area contributed by atoms with Gasteiger partial charge in [0.05, 0.1) is 6.10 Å². The molecule has 0 saturated heterocycles. The van der Waals surface area contributed by atoms with Crippen molar-refractivity contribution in [3.63, 3.8) is 0 Å². The van der Waals surface area contributed by atoms with Gasteiger partial charge in [-0.2, -0.15) is 0 Å². The Hall–Kier alpha value is -2.20. The predicted octanol–water partition coefficient (Wildman–Crippen LogP) is 9.16. The summed E-state index contributed by atoms with van der Waals surface area (Å²) in [5.74, 6) is 1.22. The Morgan fingerprint density at radius 2 is 1.07 bits per heavy atom. The summed E-state index contributed by atoms with van der Waals surface area (Å²) in [5.41, 5.74) is 0. The van der Waals surface area contributed by atoms with Crippen LogP contribution >= 0.6 is 15.7 Å². The number of fused-ring (bicyclic) bond motifs is 1. The summed E-state index contributed by atoms with van der Waals surface area (Å²) in [6.07, 6.45) is 14.7.